The Bertz CT molecular complexity index is 297. The van der Waals surface area contributed by atoms with Crippen LogP contribution in [0, 0.1) is 0 Å². The molecule has 72 valence electrons. The third-order valence-electron chi connectivity index (χ3n) is 1.59. The van der Waals surface area contributed by atoms with E-state index in [0.29, 0.717) is 6.42 Å². The Morgan fingerprint density at radius 2 is 2.46 bits per heavy atom. The van der Waals surface area contributed by atoms with Gasteiger partial charge in [0, 0.05) is 17.3 Å². The second kappa shape index (κ2) is 4.31. The number of rotatable bonds is 3. The molecule has 0 spiro atoms. The minimum absolute atomic E-state index is 0.190. The lowest BCUT2D eigenvalue weighted by Crippen LogP contribution is -2.29. The fourth-order valence-corrected chi connectivity index (χ4v) is 1.41. The van der Waals surface area contributed by atoms with Crippen molar-refractivity contribution in [2.24, 2.45) is 0 Å². The molecule has 2 N–H and O–H groups in total. The van der Waals surface area contributed by atoms with Crippen molar-refractivity contribution in [3.8, 4) is 0 Å². The molecule has 0 aliphatic heterocycles. The number of hydrogen-bond acceptors (Lipinski definition) is 3. The van der Waals surface area contributed by atoms with Crippen LogP contribution in [0.3, 0.4) is 0 Å². The first-order valence-electron chi connectivity index (χ1n) is 3.56. The van der Waals surface area contributed by atoms with Crippen molar-refractivity contribution in [1.82, 2.24) is 4.72 Å². The zero-order valence-electron chi connectivity index (χ0n) is 6.60. The van der Waals surface area contributed by atoms with E-state index in [1.165, 1.54) is 18.2 Å². The van der Waals surface area contributed by atoms with E-state index in [4.69, 9.17) is 5.11 Å². The summed E-state index contributed by atoms with van der Waals surface area (Å²) < 4.78 is 22.6. The van der Waals surface area contributed by atoms with Gasteiger partial charge in [-0.3, -0.25) is 4.21 Å². The summed E-state index contributed by atoms with van der Waals surface area (Å²) in [6.45, 7) is 0. The van der Waals surface area contributed by atoms with Crippen LogP contribution in [0.15, 0.2) is 23.8 Å². The quantitative estimate of drug-likeness (QED) is 0.615. The van der Waals surface area contributed by atoms with Crippen LogP contribution in [0.25, 0.3) is 0 Å². The molecular weight excluding hydrogens is 194 g/mol. The van der Waals surface area contributed by atoms with E-state index >= 15 is 0 Å². The normalized spacial score (nSPS) is 23.8. The summed E-state index contributed by atoms with van der Waals surface area (Å²) in [6, 6.07) is -0.332. The van der Waals surface area contributed by atoms with Gasteiger partial charge in [-0.25, -0.2) is 9.52 Å². The first-order valence-corrected chi connectivity index (χ1v) is 4.64. The average molecular weight is 202 g/mol. The maximum atomic E-state index is 10.4. The molecule has 0 radical (unpaired) electrons. The summed E-state index contributed by atoms with van der Waals surface area (Å²) in [5.41, 5.74) is 0.190. The summed E-state index contributed by atoms with van der Waals surface area (Å²) in [4.78, 5) is 10.4. The van der Waals surface area contributed by atoms with Gasteiger partial charge < -0.3 is 9.66 Å². The van der Waals surface area contributed by atoms with Gasteiger partial charge in [-0.15, -0.1) is 0 Å². The first-order chi connectivity index (χ1) is 6.09. The second-order valence-corrected chi connectivity index (χ2v) is 3.22. The van der Waals surface area contributed by atoms with E-state index in [0.717, 1.165) is 0 Å². The Labute approximate surface area is 77.6 Å². The van der Waals surface area contributed by atoms with Crippen molar-refractivity contribution in [3.05, 3.63) is 23.8 Å². The van der Waals surface area contributed by atoms with Crippen LogP contribution in [-0.2, 0) is 16.1 Å². The zero-order valence-corrected chi connectivity index (χ0v) is 7.41. The van der Waals surface area contributed by atoms with Crippen molar-refractivity contribution in [2.75, 3.05) is 0 Å². The standard InChI is InChI=1S/C7H9NO4S/c9-7(10)5-1-3-6(4-2-5)8-13(11)12/h1-3,6,8H,4H2,(H,9,10)(H,11,12)/p-1. The molecule has 0 bridgehead atoms. The Balaban J connectivity index is 2.53. The molecule has 2 atom stereocenters. The summed E-state index contributed by atoms with van der Waals surface area (Å²) in [5, 5.41) is 8.54. The molecule has 0 heterocycles. The molecule has 0 saturated carbocycles. The molecule has 1 aliphatic rings. The van der Waals surface area contributed by atoms with Crippen molar-refractivity contribution in [1.29, 1.82) is 0 Å². The van der Waals surface area contributed by atoms with E-state index in [2.05, 4.69) is 4.72 Å². The summed E-state index contributed by atoms with van der Waals surface area (Å²) >= 11 is -2.31. The average Bonchev–Trinajstić information content (AvgIpc) is 2.04. The molecule has 2 unspecified atom stereocenters. The van der Waals surface area contributed by atoms with Crippen LogP contribution in [-0.4, -0.2) is 25.9 Å². The summed E-state index contributed by atoms with van der Waals surface area (Å²) in [7, 11) is 0. The van der Waals surface area contributed by atoms with E-state index in [1.807, 2.05) is 0 Å². The van der Waals surface area contributed by atoms with Crippen LogP contribution < -0.4 is 4.72 Å². The number of hydrogen-bond donors (Lipinski definition) is 2. The van der Waals surface area contributed by atoms with Crippen molar-refractivity contribution in [3.63, 3.8) is 0 Å². The van der Waals surface area contributed by atoms with Crippen LogP contribution in [0.5, 0.6) is 0 Å². The molecule has 0 aromatic rings. The molecule has 0 amide bonds. The van der Waals surface area contributed by atoms with Crippen LogP contribution in [0.2, 0.25) is 0 Å². The number of aliphatic carboxylic acids is 1. The lowest BCUT2D eigenvalue weighted by atomic mass is 10.0. The van der Waals surface area contributed by atoms with Gasteiger partial charge in [0.25, 0.3) is 0 Å². The lowest BCUT2D eigenvalue weighted by molar-refractivity contribution is -0.132. The highest BCUT2D eigenvalue weighted by Gasteiger charge is 2.11. The molecule has 1 aliphatic carbocycles. The van der Waals surface area contributed by atoms with Crippen LogP contribution in [0.4, 0.5) is 0 Å². The van der Waals surface area contributed by atoms with Gasteiger partial charge in [-0.2, -0.15) is 0 Å². The Hall–Kier alpha value is -0.980. The molecule has 6 heteroatoms. The predicted octanol–water partition coefficient (Wildman–Crippen LogP) is -0.290. The maximum Gasteiger partial charge on any atom is 0.335 e. The molecule has 0 aromatic carbocycles. The monoisotopic (exact) mass is 202 g/mol. The van der Waals surface area contributed by atoms with Crippen molar-refractivity contribution >= 4 is 17.2 Å². The molecular formula is C7H8NO4S-. The highest BCUT2D eigenvalue weighted by molar-refractivity contribution is 7.77. The SMILES string of the molecule is O=C(O)C1=CCC(NS(=O)[O-])C=C1. The molecule has 5 nitrogen and oxygen atoms in total. The third-order valence-corrected chi connectivity index (χ3v) is 2.09. The van der Waals surface area contributed by atoms with E-state index in [1.54, 1.807) is 0 Å². The maximum absolute atomic E-state index is 10.4. The lowest BCUT2D eigenvalue weighted by Gasteiger charge is -2.17. The fourth-order valence-electron chi connectivity index (χ4n) is 0.990. The number of carboxylic acids is 1. The Morgan fingerprint density at radius 1 is 1.77 bits per heavy atom. The number of nitrogens with one attached hydrogen (secondary N) is 1. The Morgan fingerprint density at radius 3 is 2.85 bits per heavy atom. The minimum Gasteiger partial charge on any atom is -0.760 e. The Kier molecular flexibility index (Phi) is 3.35. The highest BCUT2D eigenvalue weighted by Crippen LogP contribution is 2.10. The summed E-state index contributed by atoms with van der Waals surface area (Å²) in [6.07, 6.45) is 4.74. The third kappa shape index (κ3) is 3.10. The number of carboxylic acid groups (broad SMARTS) is 1. The van der Waals surface area contributed by atoms with Gasteiger partial charge in [0.1, 0.15) is 0 Å². The van der Waals surface area contributed by atoms with Crippen molar-refractivity contribution in [2.45, 2.75) is 12.5 Å². The molecule has 1 rings (SSSR count). The first kappa shape index (κ1) is 10.1. The van der Waals surface area contributed by atoms with Gasteiger partial charge in [0.15, 0.2) is 0 Å². The van der Waals surface area contributed by atoms with Gasteiger partial charge in [0.2, 0.25) is 0 Å². The summed E-state index contributed by atoms with van der Waals surface area (Å²) in [5.74, 6) is -1.00. The molecule has 13 heavy (non-hydrogen) atoms. The second-order valence-electron chi connectivity index (χ2n) is 2.52. The topological polar surface area (TPSA) is 89.5 Å². The highest BCUT2D eigenvalue weighted by atomic mass is 32.2. The van der Waals surface area contributed by atoms with Gasteiger partial charge in [-0.1, -0.05) is 18.2 Å². The molecule has 0 aromatic heterocycles. The van der Waals surface area contributed by atoms with Gasteiger partial charge in [0.05, 0.1) is 5.57 Å². The van der Waals surface area contributed by atoms with Crippen LogP contribution >= 0.6 is 0 Å². The smallest absolute Gasteiger partial charge is 0.335 e. The predicted molar refractivity (Wildman–Crippen MR) is 45.3 cm³/mol. The van der Waals surface area contributed by atoms with E-state index in [9.17, 15) is 13.6 Å². The fraction of sp³-hybridized carbons (Fsp3) is 0.286. The van der Waals surface area contributed by atoms with E-state index < -0.39 is 17.2 Å². The zero-order chi connectivity index (χ0) is 9.84. The van der Waals surface area contributed by atoms with Crippen molar-refractivity contribution < 1.29 is 18.7 Å². The molecule has 0 fully saturated rings. The minimum atomic E-state index is -2.31. The van der Waals surface area contributed by atoms with Gasteiger partial charge in [-0.05, 0) is 6.42 Å². The largest absolute Gasteiger partial charge is 0.760 e. The van der Waals surface area contributed by atoms with Gasteiger partial charge >= 0.3 is 5.97 Å². The van der Waals surface area contributed by atoms with E-state index in [-0.39, 0.29) is 11.6 Å². The number of carbonyl (C=O) groups is 1. The molecule has 0 saturated heterocycles. The van der Waals surface area contributed by atoms with Crippen LogP contribution in [0.1, 0.15) is 6.42 Å².